The number of para-hydroxylation sites is 1. The number of nitriles is 1. The van der Waals surface area contributed by atoms with E-state index in [-0.39, 0.29) is 5.78 Å². The van der Waals surface area contributed by atoms with Gasteiger partial charge in [-0.15, -0.1) is 0 Å². The SMILES string of the molecule is Cc1ccc(N2C(N)=C(C#N)C(c3cc(C)cc(COc4ccccc4Br)c3C)C3=C2CCCC3=O)cc1. The van der Waals surface area contributed by atoms with Gasteiger partial charge in [-0.2, -0.15) is 5.26 Å². The van der Waals surface area contributed by atoms with Gasteiger partial charge in [0.25, 0.3) is 0 Å². The van der Waals surface area contributed by atoms with Crippen molar-refractivity contribution in [1.82, 2.24) is 0 Å². The number of hydrogen-bond acceptors (Lipinski definition) is 5. The first kappa shape index (κ1) is 25.8. The van der Waals surface area contributed by atoms with E-state index in [1.807, 2.05) is 74.2 Å². The van der Waals surface area contributed by atoms with Crippen molar-refractivity contribution in [3.63, 3.8) is 0 Å². The third kappa shape index (κ3) is 4.63. The standard InChI is InChI=1S/C32H30BrN3O2/c1-19-11-13-23(14-12-19)36-27-8-6-9-28(37)31(27)30(25(17-34)32(36)35)24-16-20(2)15-22(21(24)3)18-38-29-10-5-4-7-26(29)33/h4-5,7,10-16,30H,6,8-9,18,35H2,1-3H3. The van der Waals surface area contributed by atoms with Crippen LogP contribution >= 0.6 is 15.9 Å². The van der Waals surface area contributed by atoms with E-state index in [9.17, 15) is 10.1 Å². The van der Waals surface area contributed by atoms with Crippen molar-refractivity contribution in [2.24, 2.45) is 5.73 Å². The molecule has 0 spiro atoms. The Kier molecular flexibility index (Phi) is 7.14. The predicted octanol–water partition coefficient (Wildman–Crippen LogP) is 7.26. The lowest BCUT2D eigenvalue weighted by Gasteiger charge is -2.40. The lowest BCUT2D eigenvalue weighted by molar-refractivity contribution is -0.116. The quantitative estimate of drug-likeness (QED) is 0.351. The Morgan fingerprint density at radius 1 is 1.05 bits per heavy atom. The highest BCUT2D eigenvalue weighted by molar-refractivity contribution is 9.10. The van der Waals surface area contributed by atoms with Crippen LogP contribution in [0.4, 0.5) is 5.69 Å². The zero-order valence-corrected chi connectivity index (χ0v) is 23.4. The second-order valence-electron chi connectivity index (χ2n) is 10.0. The van der Waals surface area contributed by atoms with Crippen molar-refractivity contribution >= 4 is 27.4 Å². The van der Waals surface area contributed by atoms with Gasteiger partial charge in [-0.1, -0.05) is 47.5 Å². The maximum absolute atomic E-state index is 13.6. The van der Waals surface area contributed by atoms with E-state index in [1.165, 1.54) is 0 Å². The molecule has 192 valence electrons. The summed E-state index contributed by atoms with van der Waals surface area (Å²) in [6.07, 6.45) is 1.96. The minimum absolute atomic E-state index is 0.0838. The lowest BCUT2D eigenvalue weighted by Crippen LogP contribution is -2.39. The number of benzene rings is 3. The zero-order valence-electron chi connectivity index (χ0n) is 21.8. The second-order valence-corrected chi connectivity index (χ2v) is 10.9. The molecular weight excluding hydrogens is 538 g/mol. The Balaban J connectivity index is 1.64. The third-order valence-electron chi connectivity index (χ3n) is 7.44. The number of rotatable bonds is 5. The van der Waals surface area contributed by atoms with Crippen LogP contribution in [0.25, 0.3) is 0 Å². The number of Topliss-reactive ketones (excluding diaryl/α,β-unsaturated/α-hetero) is 1. The first-order valence-electron chi connectivity index (χ1n) is 12.8. The molecule has 1 unspecified atom stereocenters. The van der Waals surface area contributed by atoms with Crippen molar-refractivity contribution in [2.45, 2.75) is 52.6 Å². The number of nitrogens with zero attached hydrogens (tertiary/aromatic N) is 2. The Morgan fingerprint density at radius 2 is 1.79 bits per heavy atom. The van der Waals surface area contributed by atoms with Crippen molar-refractivity contribution < 1.29 is 9.53 Å². The number of hydrogen-bond donors (Lipinski definition) is 1. The summed E-state index contributed by atoms with van der Waals surface area (Å²) in [4.78, 5) is 15.5. The molecule has 5 rings (SSSR count). The second kappa shape index (κ2) is 10.5. The van der Waals surface area contributed by atoms with Crippen molar-refractivity contribution in [2.75, 3.05) is 4.90 Å². The van der Waals surface area contributed by atoms with Crippen LogP contribution in [0.2, 0.25) is 0 Å². The molecule has 0 saturated heterocycles. The van der Waals surface area contributed by atoms with E-state index in [0.29, 0.717) is 30.0 Å². The average molecular weight is 569 g/mol. The van der Waals surface area contributed by atoms with Crippen LogP contribution in [0.15, 0.2) is 87.8 Å². The molecule has 1 heterocycles. The summed E-state index contributed by atoms with van der Waals surface area (Å²) >= 11 is 3.55. The van der Waals surface area contributed by atoms with E-state index in [1.54, 1.807) is 0 Å². The van der Waals surface area contributed by atoms with Gasteiger partial charge in [0.15, 0.2) is 5.78 Å². The van der Waals surface area contributed by atoms with Crippen LogP contribution in [-0.4, -0.2) is 5.78 Å². The molecule has 0 radical (unpaired) electrons. The fourth-order valence-electron chi connectivity index (χ4n) is 5.52. The van der Waals surface area contributed by atoms with E-state index < -0.39 is 5.92 Å². The van der Waals surface area contributed by atoms with Gasteiger partial charge in [-0.25, -0.2) is 0 Å². The van der Waals surface area contributed by atoms with E-state index in [2.05, 4.69) is 34.1 Å². The summed E-state index contributed by atoms with van der Waals surface area (Å²) < 4.78 is 7.04. The number of ether oxygens (including phenoxy) is 1. The van der Waals surface area contributed by atoms with Gasteiger partial charge in [-0.05, 0) is 90.5 Å². The molecule has 5 nitrogen and oxygen atoms in total. The molecule has 0 aromatic heterocycles. The van der Waals surface area contributed by atoms with Gasteiger partial charge < -0.3 is 10.5 Å². The minimum Gasteiger partial charge on any atom is -0.488 e. The largest absolute Gasteiger partial charge is 0.488 e. The molecule has 1 aliphatic heterocycles. The Labute approximate surface area is 232 Å². The molecule has 1 aliphatic carbocycles. The number of allylic oxidation sites excluding steroid dienone is 3. The summed E-state index contributed by atoms with van der Waals surface area (Å²) in [5.74, 6) is 0.726. The molecule has 6 heteroatoms. The minimum atomic E-state index is -0.508. The van der Waals surface area contributed by atoms with Crippen molar-refractivity contribution in [3.8, 4) is 11.8 Å². The van der Waals surface area contributed by atoms with Gasteiger partial charge in [0.05, 0.1) is 22.0 Å². The molecule has 3 aromatic carbocycles. The number of nitrogens with two attached hydrogens (primary N) is 1. The number of carbonyl (C=O) groups excluding carboxylic acids is 1. The Morgan fingerprint density at radius 3 is 2.50 bits per heavy atom. The lowest BCUT2D eigenvalue weighted by atomic mass is 9.73. The van der Waals surface area contributed by atoms with Crippen molar-refractivity contribution in [1.29, 1.82) is 5.26 Å². The summed E-state index contributed by atoms with van der Waals surface area (Å²) in [6, 6.07) is 22.4. The van der Waals surface area contributed by atoms with Gasteiger partial charge in [0, 0.05) is 23.4 Å². The van der Waals surface area contributed by atoms with E-state index in [0.717, 1.165) is 62.3 Å². The number of ketones is 1. The van der Waals surface area contributed by atoms with Crippen LogP contribution < -0.4 is 15.4 Å². The molecule has 0 fully saturated rings. The average Bonchev–Trinajstić information content (AvgIpc) is 2.90. The Hall–Kier alpha value is -3.82. The fourth-order valence-corrected chi connectivity index (χ4v) is 5.92. The highest BCUT2D eigenvalue weighted by Crippen LogP contribution is 2.47. The van der Waals surface area contributed by atoms with Crippen LogP contribution in [0, 0.1) is 32.1 Å². The summed E-state index contributed by atoms with van der Waals surface area (Å²) in [5, 5.41) is 10.4. The predicted molar refractivity (Wildman–Crippen MR) is 153 cm³/mol. The first-order valence-corrected chi connectivity index (χ1v) is 13.6. The monoisotopic (exact) mass is 567 g/mol. The van der Waals surface area contributed by atoms with E-state index in [4.69, 9.17) is 10.5 Å². The maximum Gasteiger partial charge on any atom is 0.161 e. The number of carbonyl (C=O) groups is 1. The highest BCUT2D eigenvalue weighted by atomic mass is 79.9. The number of aryl methyl sites for hydroxylation is 2. The summed E-state index contributed by atoms with van der Waals surface area (Å²) in [7, 11) is 0. The molecule has 0 amide bonds. The van der Waals surface area contributed by atoms with E-state index >= 15 is 0 Å². The molecule has 3 aromatic rings. The highest BCUT2D eigenvalue weighted by Gasteiger charge is 2.41. The topological polar surface area (TPSA) is 79.3 Å². The smallest absolute Gasteiger partial charge is 0.161 e. The number of anilines is 1. The maximum atomic E-state index is 13.6. The normalized spacial score (nSPS) is 17.4. The molecule has 38 heavy (non-hydrogen) atoms. The van der Waals surface area contributed by atoms with Gasteiger partial charge in [-0.3, -0.25) is 9.69 Å². The van der Waals surface area contributed by atoms with Gasteiger partial charge in [0.1, 0.15) is 18.2 Å². The number of halogens is 1. The Bertz CT molecular complexity index is 1530. The molecule has 2 N–H and O–H groups in total. The first-order chi connectivity index (χ1) is 18.3. The van der Waals surface area contributed by atoms with Crippen LogP contribution in [0.5, 0.6) is 5.75 Å². The van der Waals surface area contributed by atoms with Gasteiger partial charge in [0.2, 0.25) is 0 Å². The summed E-state index contributed by atoms with van der Waals surface area (Å²) in [5.41, 5.74) is 14.8. The fraction of sp³-hybridized carbons (Fsp3) is 0.250. The van der Waals surface area contributed by atoms with Gasteiger partial charge >= 0.3 is 0 Å². The summed E-state index contributed by atoms with van der Waals surface area (Å²) in [6.45, 7) is 6.47. The van der Waals surface area contributed by atoms with Crippen LogP contribution in [-0.2, 0) is 11.4 Å². The molecular formula is C32H30BrN3O2. The molecule has 1 atom stereocenters. The van der Waals surface area contributed by atoms with Crippen molar-refractivity contribution in [3.05, 3.63) is 116 Å². The molecule has 0 saturated carbocycles. The zero-order chi connectivity index (χ0) is 27.0. The molecule has 0 bridgehead atoms. The van der Waals surface area contributed by atoms with Crippen LogP contribution in [0.1, 0.15) is 53.0 Å². The van der Waals surface area contributed by atoms with Crippen LogP contribution in [0.3, 0.4) is 0 Å². The molecule has 2 aliphatic rings. The third-order valence-corrected chi connectivity index (χ3v) is 8.09.